The van der Waals surface area contributed by atoms with E-state index in [0.29, 0.717) is 23.7 Å². The number of nitrogens with zero attached hydrogens (tertiary/aromatic N) is 4. The van der Waals surface area contributed by atoms with Crippen LogP contribution in [-0.4, -0.2) is 70.7 Å². The van der Waals surface area contributed by atoms with Crippen LogP contribution in [-0.2, 0) is 9.53 Å². The van der Waals surface area contributed by atoms with Gasteiger partial charge in [0.1, 0.15) is 0 Å². The fourth-order valence-corrected chi connectivity index (χ4v) is 3.96. The minimum Gasteiger partial charge on any atom is -0.379 e. The maximum atomic E-state index is 12.5. The summed E-state index contributed by atoms with van der Waals surface area (Å²) in [7, 11) is 0. The molecule has 1 aliphatic heterocycles. The van der Waals surface area contributed by atoms with E-state index in [9.17, 15) is 9.59 Å². The number of carbonyl (C=O) groups is 2. The second kappa shape index (κ2) is 9.68. The van der Waals surface area contributed by atoms with Crippen LogP contribution in [0.25, 0.3) is 16.9 Å². The fourth-order valence-electron chi connectivity index (χ4n) is 3.96. The molecule has 2 fully saturated rings. The highest BCUT2D eigenvalue weighted by atomic mass is 16.5. The van der Waals surface area contributed by atoms with Crippen molar-refractivity contribution in [2.24, 2.45) is 5.92 Å². The van der Waals surface area contributed by atoms with E-state index in [1.807, 2.05) is 42.5 Å². The average molecular weight is 449 g/mol. The van der Waals surface area contributed by atoms with E-state index >= 15 is 0 Å². The van der Waals surface area contributed by atoms with Gasteiger partial charge in [-0.1, -0.05) is 18.2 Å². The Morgan fingerprint density at radius 2 is 1.85 bits per heavy atom. The molecule has 1 aliphatic carbocycles. The number of hydrogen-bond donors (Lipinski definition) is 2. The number of rotatable bonds is 8. The Balaban J connectivity index is 1.21. The summed E-state index contributed by atoms with van der Waals surface area (Å²) in [6.07, 6.45) is 2.77. The van der Waals surface area contributed by atoms with Gasteiger partial charge in [0.05, 0.1) is 18.9 Å². The Morgan fingerprint density at radius 3 is 2.61 bits per heavy atom. The molecule has 1 saturated carbocycles. The Morgan fingerprint density at radius 1 is 1.06 bits per heavy atom. The predicted molar refractivity (Wildman–Crippen MR) is 124 cm³/mol. The highest BCUT2D eigenvalue weighted by molar-refractivity contribution is 5.94. The maximum absolute atomic E-state index is 12.5. The number of pyridine rings is 1. The van der Waals surface area contributed by atoms with Crippen LogP contribution < -0.4 is 10.6 Å². The van der Waals surface area contributed by atoms with E-state index < -0.39 is 0 Å². The second-order valence-corrected chi connectivity index (χ2v) is 8.52. The Kier molecular flexibility index (Phi) is 6.32. The van der Waals surface area contributed by atoms with Crippen LogP contribution in [0.5, 0.6) is 0 Å². The van der Waals surface area contributed by atoms with Crippen LogP contribution in [0.3, 0.4) is 0 Å². The van der Waals surface area contributed by atoms with Crippen LogP contribution >= 0.6 is 0 Å². The summed E-state index contributed by atoms with van der Waals surface area (Å²) in [5, 5.41) is 10.3. The van der Waals surface area contributed by atoms with Crippen molar-refractivity contribution in [3.05, 3.63) is 48.0 Å². The fraction of sp³-hybridized carbons (Fsp3) is 0.417. The smallest absolute Gasteiger partial charge is 0.251 e. The summed E-state index contributed by atoms with van der Waals surface area (Å²) in [6.45, 7) is 5.11. The summed E-state index contributed by atoms with van der Waals surface area (Å²) in [6, 6.07) is 13.1. The molecule has 9 heteroatoms. The molecule has 0 bridgehead atoms. The lowest BCUT2D eigenvalue weighted by molar-refractivity contribution is -0.117. The van der Waals surface area contributed by atoms with E-state index in [-0.39, 0.29) is 17.7 Å². The molecule has 2 N–H and O–H groups in total. The summed E-state index contributed by atoms with van der Waals surface area (Å²) < 4.78 is 7.07. The molecule has 0 radical (unpaired) electrons. The van der Waals surface area contributed by atoms with Crippen molar-refractivity contribution in [2.45, 2.75) is 19.3 Å². The van der Waals surface area contributed by atoms with Gasteiger partial charge in [0.2, 0.25) is 11.9 Å². The third-order valence-electron chi connectivity index (χ3n) is 6.03. The van der Waals surface area contributed by atoms with Crippen LogP contribution in [0.4, 0.5) is 5.95 Å². The summed E-state index contributed by atoms with van der Waals surface area (Å²) in [4.78, 5) is 31.3. The molecule has 0 unspecified atom stereocenters. The Bertz CT molecular complexity index is 1130. The van der Waals surface area contributed by atoms with Gasteiger partial charge in [-0.3, -0.25) is 19.8 Å². The zero-order valence-corrected chi connectivity index (χ0v) is 18.5. The van der Waals surface area contributed by atoms with Crippen molar-refractivity contribution in [1.29, 1.82) is 0 Å². The van der Waals surface area contributed by atoms with E-state index in [2.05, 4.69) is 25.6 Å². The number of carbonyl (C=O) groups excluding carboxylic acids is 2. The van der Waals surface area contributed by atoms with E-state index in [1.54, 1.807) is 4.52 Å². The Hall–Kier alpha value is -3.30. The molecule has 5 rings (SSSR count). The SMILES string of the molecule is O=C(NCCCN1CCOCC1)c1ccc(-c2cccc3nc(NC(=O)C4CC4)nn23)cc1. The standard InChI is InChI=1S/C24H28N6O3/c31-22(25-11-2-12-29-13-15-33-16-14-29)18-7-5-17(6-8-18)20-3-1-4-21-26-24(28-30(20)21)27-23(32)19-9-10-19/h1,3-8,19H,2,9-16H2,(H,25,31)(H,27,28,32). The predicted octanol–water partition coefficient (Wildman–Crippen LogP) is 2.20. The lowest BCUT2D eigenvalue weighted by atomic mass is 10.1. The van der Waals surface area contributed by atoms with Gasteiger partial charge in [0, 0.05) is 36.7 Å². The zero-order chi connectivity index (χ0) is 22.6. The molecular formula is C24H28N6O3. The van der Waals surface area contributed by atoms with Crippen molar-refractivity contribution in [3.63, 3.8) is 0 Å². The number of nitrogens with one attached hydrogen (secondary N) is 2. The van der Waals surface area contributed by atoms with Gasteiger partial charge in [-0.15, -0.1) is 5.10 Å². The highest BCUT2D eigenvalue weighted by Crippen LogP contribution is 2.30. The van der Waals surface area contributed by atoms with Gasteiger partial charge in [-0.25, -0.2) is 4.52 Å². The van der Waals surface area contributed by atoms with Crippen molar-refractivity contribution >= 4 is 23.4 Å². The van der Waals surface area contributed by atoms with Gasteiger partial charge in [0.15, 0.2) is 5.65 Å². The largest absolute Gasteiger partial charge is 0.379 e. The molecule has 0 spiro atoms. The van der Waals surface area contributed by atoms with E-state index in [4.69, 9.17) is 4.74 Å². The van der Waals surface area contributed by atoms with Crippen LogP contribution in [0, 0.1) is 5.92 Å². The van der Waals surface area contributed by atoms with E-state index in [0.717, 1.165) is 63.4 Å². The van der Waals surface area contributed by atoms with Crippen molar-refractivity contribution in [3.8, 4) is 11.3 Å². The average Bonchev–Trinajstić information content (AvgIpc) is 3.62. The first-order chi connectivity index (χ1) is 16.2. The quantitative estimate of drug-likeness (QED) is 0.513. The number of amides is 2. The molecule has 33 heavy (non-hydrogen) atoms. The Labute approximate surface area is 192 Å². The minimum atomic E-state index is -0.0763. The molecule has 3 aromatic rings. The third-order valence-corrected chi connectivity index (χ3v) is 6.03. The first-order valence-corrected chi connectivity index (χ1v) is 11.5. The molecule has 2 aliphatic rings. The van der Waals surface area contributed by atoms with Crippen molar-refractivity contribution in [2.75, 3.05) is 44.7 Å². The lowest BCUT2D eigenvalue weighted by Gasteiger charge is -2.26. The molecule has 1 aromatic carbocycles. The number of ether oxygens (including phenoxy) is 1. The first kappa shape index (κ1) is 21.5. The molecular weight excluding hydrogens is 420 g/mol. The number of aromatic nitrogens is 3. The number of morpholine rings is 1. The monoisotopic (exact) mass is 448 g/mol. The minimum absolute atomic E-state index is 0.0206. The lowest BCUT2D eigenvalue weighted by Crippen LogP contribution is -2.38. The number of anilines is 1. The summed E-state index contributed by atoms with van der Waals surface area (Å²) >= 11 is 0. The van der Waals surface area contributed by atoms with Gasteiger partial charge < -0.3 is 10.1 Å². The van der Waals surface area contributed by atoms with Crippen molar-refractivity contribution in [1.82, 2.24) is 24.8 Å². The van der Waals surface area contributed by atoms with Gasteiger partial charge in [-0.2, -0.15) is 4.98 Å². The first-order valence-electron chi connectivity index (χ1n) is 11.5. The molecule has 3 heterocycles. The molecule has 9 nitrogen and oxygen atoms in total. The van der Waals surface area contributed by atoms with Crippen molar-refractivity contribution < 1.29 is 14.3 Å². The topological polar surface area (TPSA) is 101 Å². The number of benzene rings is 1. The van der Waals surface area contributed by atoms with Gasteiger partial charge in [0.25, 0.3) is 5.91 Å². The second-order valence-electron chi connectivity index (χ2n) is 8.52. The summed E-state index contributed by atoms with van der Waals surface area (Å²) in [5.74, 6) is 0.307. The van der Waals surface area contributed by atoms with Gasteiger partial charge in [-0.05, 0) is 50.1 Å². The number of hydrogen-bond acceptors (Lipinski definition) is 6. The van der Waals surface area contributed by atoms with Crippen LogP contribution in [0.1, 0.15) is 29.6 Å². The molecule has 2 amide bonds. The zero-order valence-electron chi connectivity index (χ0n) is 18.5. The van der Waals surface area contributed by atoms with Crippen LogP contribution in [0.15, 0.2) is 42.5 Å². The third kappa shape index (κ3) is 5.20. The molecule has 172 valence electrons. The molecule has 2 aromatic heterocycles. The highest BCUT2D eigenvalue weighted by Gasteiger charge is 2.30. The molecule has 1 saturated heterocycles. The summed E-state index contributed by atoms with van der Waals surface area (Å²) in [5.41, 5.74) is 3.02. The van der Waals surface area contributed by atoms with Crippen LogP contribution in [0.2, 0.25) is 0 Å². The maximum Gasteiger partial charge on any atom is 0.251 e. The van der Waals surface area contributed by atoms with E-state index in [1.165, 1.54) is 0 Å². The normalized spacial score (nSPS) is 16.6. The van der Waals surface area contributed by atoms with Gasteiger partial charge >= 0.3 is 0 Å². The molecule has 0 atom stereocenters. The number of fused-ring (bicyclic) bond motifs is 1.